The summed E-state index contributed by atoms with van der Waals surface area (Å²) in [6.07, 6.45) is 13.5. The van der Waals surface area contributed by atoms with Gasteiger partial charge in [-0.2, -0.15) is 0 Å². The van der Waals surface area contributed by atoms with Gasteiger partial charge in [-0.1, -0.05) is 15.9 Å². The fourth-order valence-electron chi connectivity index (χ4n) is 5.87. The highest BCUT2D eigenvalue weighted by molar-refractivity contribution is 9.08. The van der Waals surface area contributed by atoms with Crippen LogP contribution in [0.5, 0.6) is 0 Å². The summed E-state index contributed by atoms with van der Waals surface area (Å²) in [6.45, 7) is 3.89. The number of rotatable bonds is 8. The van der Waals surface area contributed by atoms with Crippen LogP contribution in [0.2, 0.25) is 0 Å². The van der Waals surface area contributed by atoms with Crippen molar-refractivity contribution in [1.29, 1.82) is 0 Å². The first-order valence-corrected chi connectivity index (χ1v) is 11.4. The second-order valence-electron chi connectivity index (χ2n) is 9.67. The van der Waals surface area contributed by atoms with Gasteiger partial charge in [0, 0.05) is 6.54 Å². The molecule has 4 bridgehead atoms. The molecule has 0 aromatic carbocycles. The van der Waals surface area contributed by atoms with Gasteiger partial charge in [-0.05, 0) is 93.3 Å². The Labute approximate surface area is 153 Å². The highest BCUT2D eigenvalue weighted by Crippen LogP contribution is 2.59. The predicted molar refractivity (Wildman–Crippen MR) is 105 cm³/mol. The van der Waals surface area contributed by atoms with Crippen molar-refractivity contribution >= 4 is 15.9 Å². The maximum Gasteiger partial charge on any atom is 0.0780 e. The molecule has 0 radical (unpaired) electrons. The van der Waals surface area contributed by atoms with Gasteiger partial charge in [-0.3, -0.25) is 0 Å². The molecule has 0 heterocycles. The molecule has 0 unspecified atom stereocenters. The van der Waals surface area contributed by atoms with Crippen molar-refractivity contribution < 1.29 is 4.48 Å². The lowest BCUT2D eigenvalue weighted by molar-refractivity contribution is -0.870. The molecule has 0 aromatic rings. The Kier molecular flexibility index (Phi) is 7.43. The molecule has 0 saturated heterocycles. The third kappa shape index (κ3) is 6.01. The molecule has 136 valence electrons. The monoisotopic (exact) mass is 387 g/mol. The lowest BCUT2D eigenvalue weighted by atomic mass is 9.49. The largest absolute Gasteiger partial charge is 0.331 e. The second kappa shape index (κ2) is 8.67. The molecular formula is C20H40BrN2+. The highest BCUT2D eigenvalue weighted by Gasteiger charge is 2.50. The van der Waals surface area contributed by atoms with Crippen LogP contribution in [0.1, 0.15) is 57.8 Å². The first kappa shape index (κ1) is 19.7. The summed E-state index contributed by atoms with van der Waals surface area (Å²) in [5.41, 5.74) is 0.719. The summed E-state index contributed by atoms with van der Waals surface area (Å²) >= 11 is 2.94. The minimum atomic E-state index is 0.719. The zero-order valence-electron chi connectivity index (χ0n) is 16.0. The normalized spacial score (nSPS) is 35.1. The second-order valence-corrected chi connectivity index (χ2v) is 9.67. The van der Waals surface area contributed by atoms with E-state index in [2.05, 4.69) is 42.4 Å². The molecule has 0 aromatic heterocycles. The topological polar surface area (TPSA) is 12.0 Å². The van der Waals surface area contributed by atoms with Crippen LogP contribution in [0.4, 0.5) is 0 Å². The Morgan fingerprint density at radius 2 is 1.39 bits per heavy atom. The first-order chi connectivity index (χ1) is 10.9. The standard InChI is InChI=1S/C19H37N2.CH3Br/c1-21(2,3)8-6-4-5-7-20-15-19-12-16-9-17(13-19)11-18(10-16)14-19;1-2/h16-18,20H,4-15H2,1-3H3;1H3/q+1;. The Morgan fingerprint density at radius 1 is 0.870 bits per heavy atom. The third-order valence-corrected chi connectivity index (χ3v) is 6.35. The molecule has 1 N–H and O–H groups in total. The van der Waals surface area contributed by atoms with Crippen molar-refractivity contribution in [3.05, 3.63) is 0 Å². The zero-order chi connectivity index (χ0) is 16.9. The average molecular weight is 388 g/mol. The Morgan fingerprint density at radius 3 is 1.87 bits per heavy atom. The van der Waals surface area contributed by atoms with Crippen LogP contribution in [0, 0.1) is 23.2 Å². The molecule has 23 heavy (non-hydrogen) atoms. The van der Waals surface area contributed by atoms with Gasteiger partial charge in [-0.15, -0.1) is 0 Å². The van der Waals surface area contributed by atoms with Crippen LogP contribution in [0.15, 0.2) is 0 Å². The van der Waals surface area contributed by atoms with Gasteiger partial charge in [0.15, 0.2) is 0 Å². The van der Waals surface area contributed by atoms with Crippen molar-refractivity contribution in [2.45, 2.75) is 57.8 Å². The molecule has 4 aliphatic carbocycles. The van der Waals surface area contributed by atoms with Crippen molar-refractivity contribution in [3.63, 3.8) is 0 Å². The molecule has 0 spiro atoms. The van der Waals surface area contributed by atoms with Crippen LogP contribution >= 0.6 is 15.9 Å². The van der Waals surface area contributed by atoms with E-state index < -0.39 is 0 Å². The van der Waals surface area contributed by atoms with Crippen LogP contribution in [-0.2, 0) is 0 Å². The van der Waals surface area contributed by atoms with Crippen molar-refractivity contribution in [2.24, 2.45) is 23.2 Å². The number of nitrogens with one attached hydrogen (secondary N) is 1. The Balaban J connectivity index is 0.000000924. The van der Waals surface area contributed by atoms with E-state index in [-0.39, 0.29) is 0 Å². The summed E-state index contributed by atoms with van der Waals surface area (Å²) in [5.74, 6) is 5.11. The van der Waals surface area contributed by atoms with Crippen molar-refractivity contribution in [1.82, 2.24) is 5.32 Å². The molecule has 3 heteroatoms. The van der Waals surface area contributed by atoms with E-state index in [0.29, 0.717) is 0 Å². The fraction of sp³-hybridized carbons (Fsp3) is 1.00. The molecule has 4 fully saturated rings. The molecular weight excluding hydrogens is 348 g/mol. The third-order valence-electron chi connectivity index (χ3n) is 6.35. The van der Waals surface area contributed by atoms with E-state index in [9.17, 15) is 0 Å². The highest BCUT2D eigenvalue weighted by atomic mass is 79.9. The summed E-state index contributed by atoms with van der Waals surface area (Å²) in [5, 5.41) is 3.83. The molecule has 0 aliphatic heterocycles. The van der Waals surface area contributed by atoms with Crippen molar-refractivity contribution in [2.75, 3.05) is 46.6 Å². The average Bonchev–Trinajstić information content (AvgIpc) is 2.45. The predicted octanol–water partition coefficient (Wildman–Crippen LogP) is 4.68. The molecule has 4 rings (SSSR count). The molecule has 0 atom stereocenters. The Hall–Kier alpha value is 0.400. The number of nitrogens with zero attached hydrogens (tertiary/aromatic N) is 1. The summed E-state index contributed by atoms with van der Waals surface area (Å²) in [4.78, 5) is 0. The van der Waals surface area contributed by atoms with E-state index >= 15 is 0 Å². The molecule has 4 saturated carbocycles. The van der Waals surface area contributed by atoms with E-state index in [1.165, 1.54) is 38.9 Å². The zero-order valence-corrected chi connectivity index (χ0v) is 17.6. The number of unbranched alkanes of at least 4 members (excludes halogenated alkanes) is 2. The van der Waals surface area contributed by atoms with Crippen LogP contribution < -0.4 is 5.32 Å². The van der Waals surface area contributed by atoms with Crippen LogP contribution in [0.25, 0.3) is 0 Å². The van der Waals surface area contributed by atoms with E-state index in [1.54, 1.807) is 38.5 Å². The van der Waals surface area contributed by atoms with Gasteiger partial charge < -0.3 is 9.80 Å². The SMILES string of the molecule is CBr.C[N+](C)(C)CCCCCNCC12CC3CC(CC(C3)C1)C2. The molecule has 0 amide bonds. The first-order valence-electron chi connectivity index (χ1n) is 9.83. The van der Waals surface area contributed by atoms with Gasteiger partial charge in [0.05, 0.1) is 27.7 Å². The van der Waals surface area contributed by atoms with Crippen LogP contribution in [0.3, 0.4) is 0 Å². The van der Waals surface area contributed by atoms with Crippen LogP contribution in [-0.4, -0.2) is 51.1 Å². The summed E-state index contributed by atoms with van der Waals surface area (Å²) in [7, 11) is 6.89. The van der Waals surface area contributed by atoms with Gasteiger partial charge in [-0.25, -0.2) is 0 Å². The van der Waals surface area contributed by atoms with Gasteiger partial charge in [0.1, 0.15) is 0 Å². The number of hydrogen-bond donors (Lipinski definition) is 1. The lowest BCUT2D eigenvalue weighted by Crippen LogP contribution is -2.50. The van der Waals surface area contributed by atoms with E-state index in [0.717, 1.165) is 27.7 Å². The maximum atomic E-state index is 3.83. The van der Waals surface area contributed by atoms with E-state index in [4.69, 9.17) is 0 Å². The maximum absolute atomic E-state index is 3.83. The lowest BCUT2D eigenvalue weighted by Gasteiger charge is -2.57. The van der Waals surface area contributed by atoms with Crippen molar-refractivity contribution in [3.8, 4) is 0 Å². The number of hydrogen-bond acceptors (Lipinski definition) is 1. The number of quaternary nitrogens is 1. The quantitative estimate of drug-likeness (QED) is 0.362. The molecule has 2 nitrogen and oxygen atoms in total. The fourth-order valence-corrected chi connectivity index (χ4v) is 5.87. The number of alkyl halides is 1. The van der Waals surface area contributed by atoms with E-state index in [1.807, 2.05) is 5.83 Å². The minimum absolute atomic E-state index is 0.719. The summed E-state index contributed by atoms with van der Waals surface area (Å²) in [6, 6.07) is 0. The summed E-state index contributed by atoms with van der Waals surface area (Å²) < 4.78 is 1.11. The minimum Gasteiger partial charge on any atom is -0.331 e. The van der Waals surface area contributed by atoms with Gasteiger partial charge >= 0.3 is 0 Å². The Bertz CT molecular complexity index is 313. The number of halogens is 1. The molecule has 4 aliphatic rings. The van der Waals surface area contributed by atoms with Gasteiger partial charge in [0.25, 0.3) is 0 Å². The van der Waals surface area contributed by atoms with Gasteiger partial charge in [0.2, 0.25) is 0 Å². The smallest absolute Gasteiger partial charge is 0.0780 e.